The molecule has 0 atom stereocenters. The molecule has 0 amide bonds. The third kappa shape index (κ3) is 4.51. The van der Waals surface area contributed by atoms with Crippen LogP contribution in [0.2, 0.25) is 0 Å². The Kier molecular flexibility index (Phi) is 6.35. The number of hydrogen-bond acceptors (Lipinski definition) is 2. The number of aromatic nitrogens is 4. The third-order valence-electron chi connectivity index (χ3n) is 3.80. The highest BCUT2D eigenvalue weighted by atomic mass is 15.0. The minimum Gasteiger partial charge on any atom is -0.348 e. The summed E-state index contributed by atoms with van der Waals surface area (Å²) >= 11 is 0. The first-order valence-corrected chi connectivity index (χ1v) is 7.90. The molecule has 0 saturated heterocycles. The second kappa shape index (κ2) is 8.56. The summed E-state index contributed by atoms with van der Waals surface area (Å²) in [5.41, 5.74) is 0. The molecular weight excluding hydrogens is 248 g/mol. The summed E-state index contributed by atoms with van der Waals surface area (Å²) in [5, 5.41) is 0. The Morgan fingerprint density at radius 3 is 1.90 bits per heavy atom. The summed E-state index contributed by atoms with van der Waals surface area (Å²) in [5.74, 6) is 2.31. The quantitative estimate of drug-likeness (QED) is 0.631. The van der Waals surface area contributed by atoms with Gasteiger partial charge in [0, 0.05) is 24.8 Å². The molecule has 0 aliphatic carbocycles. The standard InChI is InChI=1S/C16H26N4/c1-2-3-4-5-6-7-8-9-14(15-17-10-11-18-15)16-19-12-13-20-16/h10-14H,2-9H2,1H3,(H,17,18)(H,19,20). The third-order valence-corrected chi connectivity index (χ3v) is 3.80. The number of nitrogens with one attached hydrogen (secondary N) is 2. The van der Waals surface area contributed by atoms with Gasteiger partial charge in [0.15, 0.2) is 0 Å². The molecule has 0 unspecified atom stereocenters. The predicted octanol–water partition coefficient (Wildman–Crippen LogP) is 4.41. The monoisotopic (exact) mass is 274 g/mol. The van der Waals surface area contributed by atoms with Crippen molar-refractivity contribution in [2.45, 2.75) is 64.2 Å². The van der Waals surface area contributed by atoms with E-state index in [9.17, 15) is 0 Å². The smallest absolute Gasteiger partial charge is 0.116 e. The van der Waals surface area contributed by atoms with Crippen LogP contribution < -0.4 is 0 Å². The van der Waals surface area contributed by atoms with Gasteiger partial charge < -0.3 is 9.97 Å². The molecule has 0 saturated carbocycles. The van der Waals surface area contributed by atoms with Crippen LogP contribution >= 0.6 is 0 Å². The van der Waals surface area contributed by atoms with E-state index in [1.807, 2.05) is 24.8 Å². The number of imidazole rings is 2. The lowest BCUT2D eigenvalue weighted by atomic mass is 9.98. The van der Waals surface area contributed by atoms with Crippen LogP contribution in [0.3, 0.4) is 0 Å². The summed E-state index contributed by atoms with van der Waals surface area (Å²) < 4.78 is 0. The van der Waals surface area contributed by atoms with Crippen molar-refractivity contribution in [1.29, 1.82) is 0 Å². The van der Waals surface area contributed by atoms with Gasteiger partial charge in [0.1, 0.15) is 11.6 Å². The van der Waals surface area contributed by atoms with Crippen LogP contribution in [0.25, 0.3) is 0 Å². The Hall–Kier alpha value is -1.58. The zero-order valence-electron chi connectivity index (χ0n) is 12.4. The van der Waals surface area contributed by atoms with Gasteiger partial charge in [-0.2, -0.15) is 0 Å². The lowest BCUT2D eigenvalue weighted by Crippen LogP contribution is -2.05. The number of aromatic amines is 2. The van der Waals surface area contributed by atoms with Gasteiger partial charge in [-0.15, -0.1) is 0 Å². The van der Waals surface area contributed by atoms with E-state index in [0.717, 1.165) is 18.1 Å². The molecule has 0 radical (unpaired) electrons. The Bertz CT molecular complexity index is 399. The summed E-state index contributed by atoms with van der Waals surface area (Å²) in [6.45, 7) is 2.26. The van der Waals surface area contributed by atoms with Crippen LogP contribution in [-0.2, 0) is 0 Å². The molecule has 110 valence electrons. The molecule has 2 N–H and O–H groups in total. The molecule has 0 spiro atoms. The zero-order valence-corrected chi connectivity index (χ0v) is 12.4. The maximum absolute atomic E-state index is 4.40. The molecule has 2 aromatic heterocycles. The van der Waals surface area contributed by atoms with Crippen molar-refractivity contribution >= 4 is 0 Å². The maximum Gasteiger partial charge on any atom is 0.116 e. The molecule has 2 heterocycles. The first kappa shape index (κ1) is 14.8. The molecule has 2 aromatic rings. The van der Waals surface area contributed by atoms with Crippen molar-refractivity contribution < 1.29 is 0 Å². The van der Waals surface area contributed by atoms with Gasteiger partial charge >= 0.3 is 0 Å². The van der Waals surface area contributed by atoms with Gasteiger partial charge in [-0.1, -0.05) is 51.9 Å². The van der Waals surface area contributed by atoms with Crippen LogP contribution in [0.1, 0.15) is 75.9 Å². The molecule has 0 fully saturated rings. The van der Waals surface area contributed by atoms with Gasteiger partial charge in [-0.05, 0) is 6.42 Å². The van der Waals surface area contributed by atoms with Crippen LogP contribution in [0.15, 0.2) is 24.8 Å². The Morgan fingerprint density at radius 2 is 1.40 bits per heavy atom. The van der Waals surface area contributed by atoms with E-state index in [2.05, 4.69) is 26.9 Å². The fourth-order valence-corrected chi connectivity index (χ4v) is 2.64. The van der Waals surface area contributed by atoms with E-state index >= 15 is 0 Å². The Morgan fingerprint density at radius 1 is 0.850 bits per heavy atom. The van der Waals surface area contributed by atoms with E-state index in [1.54, 1.807) is 0 Å². The lowest BCUT2D eigenvalue weighted by molar-refractivity contribution is 0.544. The van der Waals surface area contributed by atoms with Crippen LogP contribution in [0, 0.1) is 0 Å². The summed E-state index contributed by atoms with van der Waals surface area (Å²) in [6.07, 6.45) is 17.9. The fourth-order valence-electron chi connectivity index (χ4n) is 2.64. The maximum atomic E-state index is 4.40. The molecule has 0 aliphatic heterocycles. The number of hydrogen-bond donors (Lipinski definition) is 2. The van der Waals surface area contributed by atoms with Crippen LogP contribution in [0.4, 0.5) is 0 Å². The molecule has 0 aliphatic rings. The van der Waals surface area contributed by atoms with Crippen molar-refractivity contribution in [2.75, 3.05) is 0 Å². The Labute approximate surface area is 121 Å². The van der Waals surface area contributed by atoms with Gasteiger partial charge in [-0.25, -0.2) is 9.97 Å². The minimum atomic E-state index is 0.274. The van der Waals surface area contributed by atoms with Crippen molar-refractivity contribution in [3.63, 3.8) is 0 Å². The predicted molar refractivity (Wildman–Crippen MR) is 81.6 cm³/mol. The second-order valence-corrected chi connectivity index (χ2v) is 5.41. The lowest BCUT2D eigenvalue weighted by Gasteiger charge is -2.12. The van der Waals surface area contributed by atoms with E-state index in [1.165, 1.54) is 44.9 Å². The first-order chi connectivity index (χ1) is 9.92. The molecular formula is C16H26N4. The number of unbranched alkanes of at least 4 members (excludes halogenated alkanes) is 6. The molecule has 4 heteroatoms. The summed E-state index contributed by atoms with van der Waals surface area (Å²) in [4.78, 5) is 15.2. The minimum absolute atomic E-state index is 0.274. The van der Waals surface area contributed by atoms with Crippen molar-refractivity contribution in [1.82, 2.24) is 19.9 Å². The van der Waals surface area contributed by atoms with E-state index in [0.29, 0.717) is 0 Å². The number of rotatable bonds is 10. The van der Waals surface area contributed by atoms with E-state index < -0.39 is 0 Å². The fraction of sp³-hybridized carbons (Fsp3) is 0.625. The SMILES string of the molecule is CCCCCCCCCC(c1ncc[nH]1)c1ncc[nH]1. The van der Waals surface area contributed by atoms with Gasteiger partial charge in [-0.3, -0.25) is 0 Å². The largest absolute Gasteiger partial charge is 0.348 e. The van der Waals surface area contributed by atoms with Crippen LogP contribution in [0.5, 0.6) is 0 Å². The van der Waals surface area contributed by atoms with Gasteiger partial charge in [0.2, 0.25) is 0 Å². The first-order valence-electron chi connectivity index (χ1n) is 7.90. The van der Waals surface area contributed by atoms with Gasteiger partial charge in [0.05, 0.1) is 5.92 Å². The Balaban J connectivity index is 1.75. The molecule has 0 bridgehead atoms. The normalized spacial score (nSPS) is 11.3. The highest BCUT2D eigenvalue weighted by Crippen LogP contribution is 2.25. The number of nitrogens with zero attached hydrogens (tertiary/aromatic N) is 2. The molecule has 20 heavy (non-hydrogen) atoms. The molecule has 0 aromatic carbocycles. The average Bonchev–Trinajstić information content (AvgIpc) is 3.14. The van der Waals surface area contributed by atoms with Crippen LogP contribution in [-0.4, -0.2) is 19.9 Å². The highest BCUT2D eigenvalue weighted by Gasteiger charge is 2.18. The molecule has 4 nitrogen and oxygen atoms in total. The van der Waals surface area contributed by atoms with Gasteiger partial charge in [0.25, 0.3) is 0 Å². The van der Waals surface area contributed by atoms with Crippen molar-refractivity contribution in [2.24, 2.45) is 0 Å². The van der Waals surface area contributed by atoms with E-state index in [4.69, 9.17) is 0 Å². The zero-order chi connectivity index (χ0) is 14.0. The second-order valence-electron chi connectivity index (χ2n) is 5.41. The highest BCUT2D eigenvalue weighted by molar-refractivity contribution is 5.11. The van der Waals surface area contributed by atoms with Crippen molar-refractivity contribution in [3.8, 4) is 0 Å². The molecule has 2 rings (SSSR count). The summed E-state index contributed by atoms with van der Waals surface area (Å²) in [6, 6.07) is 0. The topological polar surface area (TPSA) is 57.4 Å². The van der Waals surface area contributed by atoms with E-state index in [-0.39, 0.29) is 5.92 Å². The number of H-pyrrole nitrogens is 2. The van der Waals surface area contributed by atoms with Crippen molar-refractivity contribution in [3.05, 3.63) is 36.4 Å². The summed E-state index contributed by atoms with van der Waals surface area (Å²) in [7, 11) is 0. The average molecular weight is 274 g/mol.